The average molecular weight is 422 g/mol. The van der Waals surface area contributed by atoms with Gasteiger partial charge in [-0.05, 0) is 64.6 Å². The van der Waals surface area contributed by atoms with E-state index < -0.39 is 0 Å². The van der Waals surface area contributed by atoms with Crippen LogP contribution in [0.1, 0.15) is 28.2 Å². The van der Waals surface area contributed by atoms with Crippen molar-refractivity contribution in [2.45, 2.75) is 12.8 Å². The van der Waals surface area contributed by atoms with Crippen molar-refractivity contribution in [2.24, 2.45) is 0 Å². The zero-order chi connectivity index (χ0) is 21.9. The van der Waals surface area contributed by atoms with Crippen LogP contribution in [0.3, 0.4) is 0 Å². The van der Waals surface area contributed by atoms with Crippen LogP contribution >= 0.6 is 0 Å². The van der Waals surface area contributed by atoms with E-state index in [0.29, 0.717) is 0 Å². The maximum absolute atomic E-state index is 2.42. The van der Waals surface area contributed by atoms with Crippen molar-refractivity contribution >= 4 is 21.8 Å². The van der Waals surface area contributed by atoms with E-state index >= 15 is 0 Å². The first-order valence-electron chi connectivity index (χ1n) is 11.6. The summed E-state index contributed by atoms with van der Waals surface area (Å²) < 4.78 is 2.42. The summed E-state index contributed by atoms with van der Waals surface area (Å²) >= 11 is 0. The highest BCUT2D eigenvalue weighted by Gasteiger charge is 2.29. The number of rotatable bonds is 2. The summed E-state index contributed by atoms with van der Waals surface area (Å²) in [4.78, 5) is 0. The van der Waals surface area contributed by atoms with Crippen LogP contribution in [0.5, 0.6) is 0 Å². The highest BCUT2D eigenvalue weighted by Crippen LogP contribution is 2.48. The lowest BCUT2D eigenvalue weighted by Gasteiger charge is -2.18. The lowest BCUT2D eigenvalue weighted by molar-refractivity contribution is 1.00. The zero-order valence-corrected chi connectivity index (χ0v) is 18.5. The van der Waals surface area contributed by atoms with Crippen LogP contribution in [0, 0.1) is 6.92 Å². The third kappa shape index (κ3) is 2.66. The van der Waals surface area contributed by atoms with Gasteiger partial charge in [-0.2, -0.15) is 0 Å². The predicted molar refractivity (Wildman–Crippen MR) is 138 cm³/mol. The second kappa shape index (κ2) is 6.95. The molecule has 7 rings (SSSR count). The molecule has 6 aromatic rings. The molecule has 5 aromatic carbocycles. The van der Waals surface area contributed by atoms with E-state index in [-0.39, 0.29) is 5.92 Å². The fourth-order valence-electron chi connectivity index (χ4n) is 5.80. The summed E-state index contributed by atoms with van der Waals surface area (Å²) in [5, 5.41) is 2.60. The van der Waals surface area contributed by atoms with Gasteiger partial charge in [-0.15, -0.1) is 0 Å². The maximum Gasteiger partial charge on any atom is 0.0541 e. The third-order valence-corrected chi connectivity index (χ3v) is 7.09. The van der Waals surface area contributed by atoms with E-state index in [9.17, 15) is 0 Å². The van der Waals surface area contributed by atoms with Gasteiger partial charge in [0.05, 0.1) is 11.0 Å². The molecule has 1 aliphatic carbocycles. The van der Waals surface area contributed by atoms with Gasteiger partial charge in [0.15, 0.2) is 0 Å². The van der Waals surface area contributed by atoms with Crippen LogP contribution in [-0.2, 0) is 0 Å². The Morgan fingerprint density at radius 1 is 0.545 bits per heavy atom. The first kappa shape index (κ1) is 18.5. The molecule has 1 nitrogen and oxygen atoms in total. The summed E-state index contributed by atoms with van der Waals surface area (Å²) in [5.74, 6) is 0.254. The van der Waals surface area contributed by atoms with Gasteiger partial charge in [0.1, 0.15) is 0 Å². The molecule has 1 aromatic heterocycles. The van der Waals surface area contributed by atoms with Crippen LogP contribution in [0.2, 0.25) is 0 Å². The second-order valence-electron chi connectivity index (χ2n) is 9.08. The minimum absolute atomic E-state index is 0.254. The molecule has 0 fully saturated rings. The molecule has 1 heteroatoms. The summed E-state index contributed by atoms with van der Waals surface area (Å²) in [6.07, 6.45) is 0. The van der Waals surface area contributed by atoms with Gasteiger partial charge < -0.3 is 4.57 Å². The van der Waals surface area contributed by atoms with E-state index in [4.69, 9.17) is 0 Å². The molecular weight excluding hydrogens is 398 g/mol. The monoisotopic (exact) mass is 421 g/mol. The molecule has 0 atom stereocenters. The standard InChI is InChI=1S/C32H23N/c1-21-18-22(32-28-14-4-2-10-24(28)25-11-3-5-15-29(25)32)20-23(19-21)33-30-16-8-6-12-26(30)27-13-7-9-17-31(27)33/h2-20,32H,1H3. The second-order valence-corrected chi connectivity index (χ2v) is 9.08. The molecule has 0 amide bonds. The Labute approximate surface area is 193 Å². The van der Waals surface area contributed by atoms with Crippen LogP contribution in [0.25, 0.3) is 38.6 Å². The van der Waals surface area contributed by atoms with E-state index in [1.165, 1.54) is 60.9 Å². The number of aryl methyl sites for hydroxylation is 1. The van der Waals surface area contributed by atoms with Crippen molar-refractivity contribution in [1.29, 1.82) is 0 Å². The number of benzene rings is 5. The van der Waals surface area contributed by atoms with Crippen LogP contribution in [0.15, 0.2) is 115 Å². The zero-order valence-electron chi connectivity index (χ0n) is 18.5. The molecule has 0 aliphatic heterocycles. The molecule has 156 valence electrons. The molecular formula is C32H23N. The Hall–Kier alpha value is -4.10. The molecule has 1 aliphatic rings. The summed E-state index contributed by atoms with van der Waals surface area (Å²) in [5.41, 5.74) is 11.9. The van der Waals surface area contributed by atoms with Crippen LogP contribution in [0.4, 0.5) is 0 Å². The minimum Gasteiger partial charge on any atom is -0.309 e. The van der Waals surface area contributed by atoms with Gasteiger partial charge in [-0.3, -0.25) is 0 Å². The van der Waals surface area contributed by atoms with Crippen molar-refractivity contribution < 1.29 is 0 Å². The van der Waals surface area contributed by atoms with Crippen molar-refractivity contribution in [2.75, 3.05) is 0 Å². The Kier molecular flexibility index (Phi) is 3.89. The Balaban J connectivity index is 1.51. The third-order valence-electron chi connectivity index (χ3n) is 7.09. The van der Waals surface area contributed by atoms with Gasteiger partial charge in [0.2, 0.25) is 0 Å². The number of aromatic nitrogens is 1. The highest BCUT2D eigenvalue weighted by molar-refractivity contribution is 6.09. The molecule has 1 heterocycles. The Bertz CT molecular complexity index is 1590. The number of para-hydroxylation sites is 2. The molecule has 33 heavy (non-hydrogen) atoms. The van der Waals surface area contributed by atoms with E-state index in [2.05, 4.69) is 127 Å². The quantitative estimate of drug-likeness (QED) is 0.265. The number of hydrogen-bond acceptors (Lipinski definition) is 0. The first-order chi connectivity index (χ1) is 16.3. The lowest BCUT2D eigenvalue weighted by atomic mass is 9.88. The van der Waals surface area contributed by atoms with Crippen LogP contribution in [-0.4, -0.2) is 4.57 Å². The maximum atomic E-state index is 2.42. The van der Waals surface area contributed by atoms with Gasteiger partial charge in [-0.1, -0.05) is 91.0 Å². The van der Waals surface area contributed by atoms with Crippen LogP contribution < -0.4 is 0 Å². The number of hydrogen-bond donors (Lipinski definition) is 0. The van der Waals surface area contributed by atoms with E-state index in [1.54, 1.807) is 0 Å². The molecule has 0 saturated heterocycles. The fourth-order valence-corrected chi connectivity index (χ4v) is 5.80. The predicted octanol–water partition coefficient (Wildman–Crippen LogP) is 8.25. The number of nitrogens with zero attached hydrogens (tertiary/aromatic N) is 1. The molecule has 0 bridgehead atoms. The smallest absolute Gasteiger partial charge is 0.0541 e. The Morgan fingerprint density at radius 2 is 1.06 bits per heavy atom. The fraction of sp³-hybridized carbons (Fsp3) is 0.0625. The van der Waals surface area contributed by atoms with Gasteiger partial charge in [0, 0.05) is 22.4 Å². The normalized spacial score (nSPS) is 12.9. The summed E-state index contributed by atoms with van der Waals surface area (Å²) in [7, 11) is 0. The minimum atomic E-state index is 0.254. The molecule has 0 spiro atoms. The Morgan fingerprint density at radius 3 is 1.67 bits per heavy atom. The molecule has 0 saturated carbocycles. The topological polar surface area (TPSA) is 4.93 Å². The number of fused-ring (bicyclic) bond motifs is 6. The van der Waals surface area contributed by atoms with E-state index in [0.717, 1.165) is 0 Å². The molecule has 0 radical (unpaired) electrons. The van der Waals surface area contributed by atoms with Crippen molar-refractivity contribution in [3.63, 3.8) is 0 Å². The first-order valence-corrected chi connectivity index (χ1v) is 11.6. The highest BCUT2D eigenvalue weighted by atomic mass is 15.0. The largest absolute Gasteiger partial charge is 0.309 e. The lowest BCUT2D eigenvalue weighted by Crippen LogP contribution is -2.02. The summed E-state index contributed by atoms with van der Waals surface area (Å²) in [6.45, 7) is 2.22. The van der Waals surface area contributed by atoms with E-state index in [1.807, 2.05) is 0 Å². The SMILES string of the molecule is Cc1cc(C2c3ccccc3-c3ccccc32)cc(-n2c3ccccc3c3ccccc32)c1. The summed E-state index contributed by atoms with van der Waals surface area (Å²) in [6, 6.07) is 42.3. The van der Waals surface area contributed by atoms with Gasteiger partial charge in [0.25, 0.3) is 0 Å². The van der Waals surface area contributed by atoms with Crippen molar-refractivity contribution in [1.82, 2.24) is 4.57 Å². The van der Waals surface area contributed by atoms with Gasteiger partial charge in [-0.25, -0.2) is 0 Å². The molecule has 0 unspecified atom stereocenters. The molecule has 0 N–H and O–H groups in total. The van der Waals surface area contributed by atoms with Crippen molar-refractivity contribution in [3.05, 3.63) is 138 Å². The van der Waals surface area contributed by atoms with Crippen molar-refractivity contribution in [3.8, 4) is 16.8 Å². The van der Waals surface area contributed by atoms with Gasteiger partial charge >= 0.3 is 0 Å². The average Bonchev–Trinajstić information content (AvgIpc) is 3.37.